The molecule has 2 saturated heterocycles. The molecule has 0 saturated carbocycles. The number of nitrogens with one attached hydrogen (secondary N) is 1. The number of morpholine rings is 1. The van der Waals surface area contributed by atoms with Crippen LogP contribution in [0.25, 0.3) is 16.7 Å². The minimum atomic E-state index is -4.21. The van der Waals surface area contributed by atoms with E-state index >= 15 is 0 Å². The van der Waals surface area contributed by atoms with Crippen molar-refractivity contribution in [3.8, 4) is 11.1 Å². The molecule has 10 heteroatoms. The number of amides is 2. The van der Waals surface area contributed by atoms with Crippen molar-refractivity contribution >= 4 is 23.1 Å². The summed E-state index contributed by atoms with van der Waals surface area (Å²) in [5.41, 5.74) is 5.86. The zero-order valence-electron chi connectivity index (χ0n) is 22.6. The van der Waals surface area contributed by atoms with Crippen molar-refractivity contribution in [2.24, 2.45) is 5.92 Å². The fraction of sp³-hybridized carbons (Fsp3) is 0.517. The highest BCUT2D eigenvalue weighted by atomic mass is 19.4. The van der Waals surface area contributed by atoms with Crippen molar-refractivity contribution in [3.63, 3.8) is 0 Å². The molecule has 210 valence electrons. The van der Waals surface area contributed by atoms with Gasteiger partial charge in [0, 0.05) is 51.4 Å². The lowest BCUT2D eigenvalue weighted by Crippen LogP contribution is -2.36. The molecule has 2 amide bonds. The van der Waals surface area contributed by atoms with Crippen LogP contribution in [0.15, 0.2) is 36.4 Å². The number of likely N-dealkylation sites (tertiary alicyclic amines) is 1. The van der Waals surface area contributed by atoms with E-state index in [4.69, 9.17) is 9.72 Å². The summed E-state index contributed by atoms with van der Waals surface area (Å²) in [6.07, 6.45) is -1.54. The van der Waals surface area contributed by atoms with Gasteiger partial charge in [-0.3, -0.25) is 0 Å². The molecule has 2 aromatic rings. The number of anilines is 2. The van der Waals surface area contributed by atoms with E-state index < -0.39 is 18.5 Å². The van der Waals surface area contributed by atoms with Crippen LogP contribution >= 0.6 is 0 Å². The van der Waals surface area contributed by atoms with Crippen LogP contribution in [0.3, 0.4) is 0 Å². The first-order chi connectivity index (χ1) is 18.6. The zero-order valence-corrected chi connectivity index (χ0v) is 22.6. The van der Waals surface area contributed by atoms with Crippen LogP contribution in [-0.4, -0.2) is 86.5 Å². The molecule has 1 aromatic carbocycles. The fourth-order valence-electron chi connectivity index (χ4n) is 5.52. The van der Waals surface area contributed by atoms with E-state index in [1.54, 1.807) is 0 Å². The van der Waals surface area contributed by atoms with Crippen LogP contribution in [0.1, 0.15) is 30.5 Å². The van der Waals surface area contributed by atoms with Gasteiger partial charge < -0.3 is 24.8 Å². The van der Waals surface area contributed by atoms with Gasteiger partial charge in [-0.05, 0) is 79.3 Å². The maximum absolute atomic E-state index is 12.9. The standard InChI is InChI=1S/C29H36F3N5O2/c1-20-3-4-24(33-28(38)37-10-5-21(19-37)18-29(30,31)32)17-25(20)23-15-26(22-6-8-35(2)9-7-22)34-27(16-23)36-11-13-39-14-12-36/h3-4,6,15-17,21H,5,7-14,18-19H2,1-2H3,(H,33,38)/t21-/m0/s1. The number of carbonyl (C=O) groups is 1. The molecular weight excluding hydrogens is 507 g/mol. The predicted molar refractivity (Wildman–Crippen MR) is 147 cm³/mol. The number of nitrogens with zero attached hydrogens (tertiary/aromatic N) is 4. The Hall–Kier alpha value is -3.11. The first-order valence-corrected chi connectivity index (χ1v) is 13.6. The number of pyridine rings is 1. The van der Waals surface area contributed by atoms with Crippen molar-refractivity contribution in [2.75, 3.05) is 69.7 Å². The Labute approximate surface area is 227 Å². The third-order valence-corrected chi connectivity index (χ3v) is 7.78. The van der Waals surface area contributed by atoms with Crippen molar-refractivity contribution in [1.29, 1.82) is 0 Å². The number of ether oxygens (including phenoxy) is 1. The summed E-state index contributed by atoms with van der Waals surface area (Å²) in [6.45, 7) is 7.21. The molecule has 0 aliphatic carbocycles. The zero-order chi connectivity index (χ0) is 27.6. The van der Waals surface area contributed by atoms with Crippen molar-refractivity contribution in [1.82, 2.24) is 14.8 Å². The number of benzene rings is 1. The Kier molecular flexibility index (Phi) is 8.13. The molecule has 39 heavy (non-hydrogen) atoms. The molecule has 0 unspecified atom stereocenters. The van der Waals surface area contributed by atoms with E-state index in [1.807, 2.05) is 25.1 Å². The molecule has 0 bridgehead atoms. The molecule has 3 aliphatic rings. The van der Waals surface area contributed by atoms with Gasteiger partial charge in [-0.2, -0.15) is 13.2 Å². The monoisotopic (exact) mass is 543 g/mol. The lowest BCUT2D eigenvalue weighted by molar-refractivity contribution is -0.143. The number of urea groups is 1. The van der Waals surface area contributed by atoms with Crippen molar-refractivity contribution < 1.29 is 22.7 Å². The van der Waals surface area contributed by atoms with E-state index in [2.05, 4.69) is 40.4 Å². The van der Waals surface area contributed by atoms with Crippen LogP contribution in [0.5, 0.6) is 0 Å². The fourth-order valence-corrected chi connectivity index (χ4v) is 5.52. The van der Waals surface area contributed by atoms with Gasteiger partial charge in [0.05, 0.1) is 18.9 Å². The maximum atomic E-state index is 12.9. The van der Waals surface area contributed by atoms with Crippen LogP contribution in [0, 0.1) is 12.8 Å². The topological polar surface area (TPSA) is 60.9 Å². The predicted octanol–water partition coefficient (Wildman–Crippen LogP) is 5.42. The average molecular weight is 544 g/mol. The number of aryl methyl sites for hydroxylation is 1. The van der Waals surface area contributed by atoms with Crippen molar-refractivity contribution in [3.05, 3.63) is 47.7 Å². The summed E-state index contributed by atoms with van der Waals surface area (Å²) < 4.78 is 44.0. The Morgan fingerprint density at radius 2 is 1.92 bits per heavy atom. The van der Waals surface area contributed by atoms with Gasteiger partial charge >= 0.3 is 12.2 Å². The minimum absolute atomic E-state index is 0.116. The molecule has 2 fully saturated rings. The highest BCUT2D eigenvalue weighted by Gasteiger charge is 2.36. The van der Waals surface area contributed by atoms with E-state index in [9.17, 15) is 18.0 Å². The molecule has 4 heterocycles. The Balaban J connectivity index is 1.40. The summed E-state index contributed by atoms with van der Waals surface area (Å²) in [5, 5.41) is 2.91. The smallest absolute Gasteiger partial charge is 0.378 e. The second kappa shape index (κ2) is 11.6. The van der Waals surface area contributed by atoms with Crippen LogP contribution in [-0.2, 0) is 4.74 Å². The Bertz CT molecular complexity index is 1230. The molecule has 1 atom stereocenters. The minimum Gasteiger partial charge on any atom is -0.378 e. The maximum Gasteiger partial charge on any atom is 0.389 e. The molecule has 7 nitrogen and oxygen atoms in total. The van der Waals surface area contributed by atoms with Gasteiger partial charge in [-0.1, -0.05) is 12.1 Å². The van der Waals surface area contributed by atoms with Gasteiger partial charge in [0.1, 0.15) is 5.82 Å². The molecule has 1 aromatic heterocycles. The number of likely N-dealkylation sites (N-methyl/N-ethyl adjacent to an activating group) is 1. The van der Waals surface area contributed by atoms with E-state index in [1.165, 1.54) is 10.5 Å². The highest BCUT2D eigenvalue weighted by molar-refractivity contribution is 5.91. The SMILES string of the molecule is Cc1ccc(NC(=O)N2CC[C@@H](CC(F)(F)F)C2)cc1-c1cc(C2=CCN(C)CC2)nc(N2CCOCC2)c1. The Morgan fingerprint density at radius 1 is 1.13 bits per heavy atom. The number of aromatic nitrogens is 1. The van der Waals surface area contributed by atoms with Gasteiger partial charge in [-0.25, -0.2) is 9.78 Å². The molecule has 5 rings (SSSR count). The van der Waals surface area contributed by atoms with Gasteiger partial charge in [-0.15, -0.1) is 0 Å². The summed E-state index contributed by atoms with van der Waals surface area (Å²) in [6, 6.07) is 9.60. The Morgan fingerprint density at radius 3 is 2.64 bits per heavy atom. The second-order valence-corrected chi connectivity index (χ2v) is 10.8. The summed E-state index contributed by atoms with van der Waals surface area (Å²) in [4.78, 5) is 23.9. The lowest BCUT2D eigenvalue weighted by atomic mass is 9.96. The molecule has 3 aliphatic heterocycles. The third kappa shape index (κ3) is 6.91. The molecular formula is C29H36F3N5O2. The van der Waals surface area contributed by atoms with Crippen LogP contribution in [0.4, 0.5) is 29.5 Å². The summed E-state index contributed by atoms with van der Waals surface area (Å²) >= 11 is 0. The van der Waals surface area contributed by atoms with Crippen molar-refractivity contribution in [2.45, 2.75) is 32.4 Å². The first kappa shape index (κ1) is 27.5. The number of hydrogen-bond donors (Lipinski definition) is 1. The van der Waals surface area contributed by atoms with Gasteiger partial charge in [0.25, 0.3) is 0 Å². The summed E-state index contributed by atoms with van der Waals surface area (Å²) in [5.74, 6) is 0.360. The normalized spacial score (nSPS) is 20.7. The number of hydrogen-bond acceptors (Lipinski definition) is 5. The van der Waals surface area contributed by atoms with E-state index in [-0.39, 0.29) is 12.6 Å². The molecule has 1 N–H and O–H groups in total. The first-order valence-electron chi connectivity index (χ1n) is 13.6. The number of carbonyl (C=O) groups excluding carboxylic acids is 1. The van der Waals surface area contributed by atoms with E-state index in [0.717, 1.165) is 60.8 Å². The average Bonchev–Trinajstić information content (AvgIpc) is 3.37. The van der Waals surface area contributed by atoms with Crippen LogP contribution < -0.4 is 10.2 Å². The number of halogens is 3. The number of alkyl halides is 3. The molecule has 0 radical (unpaired) electrons. The van der Waals surface area contributed by atoms with Gasteiger partial charge in [0.15, 0.2) is 0 Å². The van der Waals surface area contributed by atoms with Crippen LogP contribution in [0.2, 0.25) is 0 Å². The largest absolute Gasteiger partial charge is 0.389 e. The number of rotatable bonds is 5. The highest BCUT2D eigenvalue weighted by Crippen LogP contribution is 2.34. The third-order valence-electron chi connectivity index (χ3n) is 7.78. The van der Waals surface area contributed by atoms with E-state index in [0.29, 0.717) is 31.9 Å². The molecule has 0 spiro atoms. The quantitative estimate of drug-likeness (QED) is 0.546. The lowest BCUT2D eigenvalue weighted by Gasteiger charge is -2.29. The van der Waals surface area contributed by atoms with Gasteiger partial charge in [0.2, 0.25) is 0 Å². The second-order valence-electron chi connectivity index (χ2n) is 10.8. The summed E-state index contributed by atoms with van der Waals surface area (Å²) in [7, 11) is 2.11.